The topological polar surface area (TPSA) is 94.8 Å². The minimum Gasteiger partial charge on any atom is -0.481 e. The molecule has 5 heteroatoms. The van der Waals surface area contributed by atoms with Crippen LogP contribution >= 0.6 is 0 Å². The Morgan fingerprint density at radius 2 is 1.00 bits per heavy atom. The van der Waals surface area contributed by atoms with Gasteiger partial charge in [0.15, 0.2) is 0 Å². The number of hydrogen-bond donors (Lipinski definition) is 3. The minimum atomic E-state index is -1.08. The second-order valence-corrected chi connectivity index (χ2v) is 6.95. The lowest BCUT2D eigenvalue weighted by molar-refractivity contribution is -0.143. The fraction of sp³-hybridized carbons (Fsp3) is 0.818. The molecular formula is C22H42O5. The summed E-state index contributed by atoms with van der Waals surface area (Å²) in [5, 5.41) is 24.5. The predicted molar refractivity (Wildman–Crippen MR) is 111 cm³/mol. The molecule has 0 spiro atoms. The molecule has 0 unspecified atom stereocenters. The van der Waals surface area contributed by atoms with E-state index in [0.29, 0.717) is 6.61 Å². The number of hydrogen-bond acceptors (Lipinski definition) is 3. The fourth-order valence-corrected chi connectivity index (χ4v) is 2.57. The summed E-state index contributed by atoms with van der Waals surface area (Å²) in [5.41, 5.74) is 0. The molecule has 0 aliphatic carbocycles. The molecule has 0 aromatic carbocycles. The van der Waals surface area contributed by atoms with Gasteiger partial charge in [0.2, 0.25) is 0 Å². The molecular weight excluding hydrogens is 344 g/mol. The van der Waals surface area contributed by atoms with Crippen LogP contribution in [0.2, 0.25) is 0 Å². The molecule has 0 radical (unpaired) electrons. The van der Waals surface area contributed by atoms with E-state index in [-0.39, 0.29) is 12.8 Å². The van der Waals surface area contributed by atoms with Crippen molar-refractivity contribution in [1.82, 2.24) is 0 Å². The molecule has 5 nitrogen and oxygen atoms in total. The highest BCUT2D eigenvalue weighted by atomic mass is 16.4. The number of aliphatic hydroxyl groups excluding tert-OH is 1. The summed E-state index contributed by atoms with van der Waals surface area (Å²) in [4.78, 5) is 19.3. The standard InChI is InChI=1S/C18H36O.C4H6O4/c1-2-3-4-5-6-7-8-9-10-11-12-13-14-15-16-17-18-19;5-3(6)1-2-4(7)8/h9-10,19H,2-8,11-18H2,1H3;1-2H2,(H,5,6)(H,7,8). The molecule has 160 valence electrons. The normalized spacial score (nSPS) is 10.6. The van der Waals surface area contributed by atoms with E-state index in [1.807, 2.05) is 0 Å². The van der Waals surface area contributed by atoms with E-state index in [1.165, 1.54) is 83.5 Å². The van der Waals surface area contributed by atoms with Crippen molar-refractivity contribution >= 4 is 11.9 Å². The van der Waals surface area contributed by atoms with Gasteiger partial charge in [-0.1, -0.05) is 76.9 Å². The largest absolute Gasteiger partial charge is 0.481 e. The van der Waals surface area contributed by atoms with E-state index in [2.05, 4.69) is 19.1 Å². The summed E-state index contributed by atoms with van der Waals surface area (Å²) < 4.78 is 0. The fourth-order valence-electron chi connectivity index (χ4n) is 2.57. The van der Waals surface area contributed by atoms with Crippen LogP contribution in [0.15, 0.2) is 12.2 Å². The molecule has 0 fully saturated rings. The number of aliphatic carboxylic acids is 2. The monoisotopic (exact) mass is 386 g/mol. The lowest BCUT2D eigenvalue weighted by Crippen LogP contribution is -2.00. The Morgan fingerprint density at radius 3 is 1.37 bits per heavy atom. The van der Waals surface area contributed by atoms with Crippen LogP contribution in [0, 0.1) is 0 Å². The molecule has 0 amide bonds. The van der Waals surface area contributed by atoms with Crippen LogP contribution in [0.5, 0.6) is 0 Å². The maximum absolute atomic E-state index is 9.64. The van der Waals surface area contributed by atoms with Crippen molar-refractivity contribution in [1.29, 1.82) is 0 Å². The summed E-state index contributed by atoms with van der Waals surface area (Å²) in [6, 6.07) is 0. The third-order valence-corrected chi connectivity index (χ3v) is 4.22. The van der Waals surface area contributed by atoms with Crippen LogP contribution in [0.4, 0.5) is 0 Å². The average molecular weight is 387 g/mol. The van der Waals surface area contributed by atoms with E-state index >= 15 is 0 Å². The van der Waals surface area contributed by atoms with Gasteiger partial charge in [-0.2, -0.15) is 0 Å². The lowest BCUT2D eigenvalue weighted by Gasteiger charge is -1.99. The van der Waals surface area contributed by atoms with Crippen LogP contribution in [0.3, 0.4) is 0 Å². The Hall–Kier alpha value is -1.36. The zero-order chi connectivity index (χ0) is 20.6. The molecule has 3 N–H and O–H groups in total. The van der Waals surface area contributed by atoms with Crippen LogP contribution in [0.25, 0.3) is 0 Å². The number of aliphatic hydroxyl groups is 1. The van der Waals surface area contributed by atoms with Gasteiger partial charge in [-0.05, 0) is 32.1 Å². The molecule has 0 saturated heterocycles. The van der Waals surface area contributed by atoms with Gasteiger partial charge in [-0.3, -0.25) is 9.59 Å². The highest BCUT2D eigenvalue weighted by molar-refractivity contribution is 5.75. The molecule has 0 saturated carbocycles. The van der Waals surface area contributed by atoms with Crippen LogP contribution in [0.1, 0.15) is 110 Å². The first kappa shape index (κ1) is 27.9. The summed E-state index contributed by atoms with van der Waals surface area (Å²) in [5.74, 6) is -2.15. The molecule has 0 aliphatic heterocycles. The van der Waals surface area contributed by atoms with Gasteiger partial charge in [0, 0.05) is 6.61 Å². The van der Waals surface area contributed by atoms with Gasteiger partial charge in [0.1, 0.15) is 0 Å². The highest BCUT2D eigenvalue weighted by Gasteiger charge is 2.00. The van der Waals surface area contributed by atoms with E-state index in [1.54, 1.807) is 0 Å². The Morgan fingerprint density at radius 1 is 0.630 bits per heavy atom. The summed E-state index contributed by atoms with van der Waals surface area (Å²) >= 11 is 0. The second kappa shape index (κ2) is 24.6. The minimum absolute atomic E-state index is 0.296. The van der Waals surface area contributed by atoms with Gasteiger partial charge in [0.05, 0.1) is 12.8 Å². The van der Waals surface area contributed by atoms with Gasteiger partial charge in [-0.15, -0.1) is 0 Å². The van der Waals surface area contributed by atoms with Crippen molar-refractivity contribution in [3.63, 3.8) is 0 Å². The third kappa shape index (κ3) is 32.7. The first-order chi connectivity index (χ1) is 13.0. The highest BCUT2D eigenvalue weighted by Crippen LogP contribution is 2.09. The molecule has 0 atom stereocenters. The van der Waals surface area contributed by atoms with E-state index in [9.17, 15) is 9.59 Å². The smallest absolute Gasteiger partial charge is 0.303 e. The van der Waals surface area contributed by atoms with Crippen molar-refractivity contribution in [3.8, 4) is 0 Å². The molecule has 0 heterocycles. The van der Waals surface area contributed by atoms with Gasteiger partial charge < -0.3 is 15.3 Å². The predicted octanol–water partition coefficient (Wildman–Crippen LogP) is 5.95. The van der Waals surface area contributed by atoms with Gasteiger partial charge in [0.25, 0.3) is 0 Å². The van der Waals surface area contributed by atoms with Crippen LogP contribution in [-0.4, -0.2) is 33.9 Å². The number of carbonyl (C=O) groups is 2. The molecule has 0 aliphatic rings. The Bertz CT molecular complexity index is 339. The van der Waals surface area contributed by atoms with Crippen LogP contribution < -0.4 is 0 Å². The number of carboxylic acid groups (broad SMARTS) is 2. The molecule has 27 heavy (non-hydrogen) atoms. The van der Waals surface area contributed by atoms with Crippen molar-refractivity contribution in [2.45, 2.75) is 110 Å². The lowest BCUT2D eigenvalue weighted by atomic mass is 10.1. The van der Waals surface area contributed by atoms with E-state index < -0.39 is 11.9 Å². The summed E-state index contributed by atoms with van der Waals surface area (Å²) in [6.07, 6.45) is 22.6. The average Bonchev–Trinajstić information content (AvgIpc) is 2.64. The van der Waals surface area contributed by atoms with Crippen molar-refractivity contribution < 1.29 is 24.9 Å². The Kier molecular flexibility index (Phi) is 25.4. The zero-order valence-corrected chi connectivity index (χ0v) is 17.3. The molecule has 0 aromatic heterocycles. The first-order valence-corrected chi connectivity index (χ1v) is 10.7. The van der Waals surface area contributed by atoms with E-state index in [0.717, 1.165) is 6.42 Å². The second-order valence-electron chi connectivity index (χ2n) is 6.95. The Labute approximate surface area is 165 Å². The summed E-state index contributed by atoms with van der Waals surface area (Å²) in [6.45, 7) is 2.64. The van der Waals surface area contributed by atoms with Crippen molar-refractivity contribution in [3.05, 3.63) is 12.2 Å². The number of allylic oxidation sites excluding steroid dienone is 2. The SMILES string of the molecule is CCCCCCCCC=CCCCCCCCCO.O=C(O)CCC(=O)O. The third-order valence-electron chi connectivity index (χ3n) is 4.22. The molecule has 0 rings (SSSR count). The van der Waals surface area contributed by atoms with E-state index in [4.69, 9.17) is 15.3 Å². The van der Waals surface area contributed by atoms with Crippen LogP contribution in [-0.2, 0) is 9.59 Å². The maximum Gasteiger partial charge on any atom is 0.303 e. The Balaban J connectivity index is 0. The van der Waals surface area contributed by atoms with Crippen molar-refractivity contribution in [2.24, 2.45) is 0 Å². The van der Waals surface area contributed by atoms with Gasteiger partial charge >= 0.3 is 11.9 Å². The quantitative estimate of drug-likeness (QED) is 0.200. The number of rotatable bonds is 18. The zero-order valence-electron chi connectivity index (χ0n) is 17.3. The maximum atomic E-state index is 9.64. The van der Waals surface area contributed by atoms with Crippen molar-refractivity contribution in [2.75, 3.05) is 6.61 Å². The number of carboxylic acids is 2. The summed E-state index contributed by atoms with van der Waals surface area (Å²) in [7, 11) is 0. The first-order valence-electron chi connectivity index (χ1n) is 10.7. The number of unbranched alkanes of at least 4 members (excludes halogenated alkanes) is 12. The van der Waals surface area contributed by atoms with Gasteiger partial charge in [-0.25, -0.2) is 0 Å². The molecule has 0 aromatic rings. The molecule has 0 bridgehead atoms.